The summed E-state index contributed by atoms with van der Waals surface area (Å²) in [5, 5.41) is 26.3. The van der Waals surface area contributed by atoms with Gasteiger partial charge >= 0.3 is 0 Å². The summed E-state index contributed by atoms with van der Waals surface area (Å²) >= 11 is 0. The maximum atomic E-state index is 8.92. The fourth-order valence-corrected chi connectivity index (χ4v) is 1.47. The van der Waals surface area contributed by atoms with Crippen molar-refractivity contribution in [1.82, 2.24) is 0 Å². The third kappa shape index (κ3) is 21.8. The average Bonchev–Trinajstić information content (AvgIpc) is 2.66. The van der Waals surface area contributed by atoms with E-state index in [9.17, 15) is 0 Å². The van der Waals surface area contributed by atoms with Gasteiger partial charge in [0.25, 0.3) is 0 Å². The number of rotatable bonds is 15. The summed E-state index contributed by atoms with van der Waals surface area (Å²) in [6.45, 7) is 12.9. The minimum absolute atomic E-state index is 0.0170. The molecule has 0 rings (SSSR count). The first-order chi connectivity index (χ1) is 12.7. The van der Waals surface area contributed by atoms with Gasteiger partial charge in [-0.05, 0) is 41.5 Å². The van der Waals surface area contributed by atoms with Crippen LogP contribution in [0.25, 0.3) is 0 Å². The maximum absolute atomic E-state index is 8.92. The van der Waals surface area contributed by atoms with Gasteiger partial charge in [0.05, 0.1) is 76.3 Å². The molecule has 0 aromatic rings. The normalized spacial score (nSPS) is 18.0. The first-order valence-corrected chi connectivity index (χ1v) is 9.55. The standard InChI is InChI=1S/C10H22O4.C9H20O4/c1-8(5-11)13-7-10(3)14-6-9(2)12-4;1-7(11)5-12-9(3)6-13-8(2)4-10/h8-11H,5-7H2,1-4H3;7-11H,4-6H2,1-3H3. The van der Waals surface area contributed by atoms with E-state index in [0.717, 1.165) is 0 Å². The van der Waals surface area contributed by atoms with E-state index in [4.69, 9.17) is 39.0 Å². The molecule has 8 nitrogen and oxygen atoms in total. The molecule has 166 valence electrons. The summed E-state index contributed by atoms with van der Waals surface area (Å²) in [7, 11) is 1.66. The molecular formula is C19H42O8. The number of aliphatic hydroxyl groups is 3. The Labute approximate surface area is 164 Å². The number of aliphatic hydroxyl groups excluding tert-OH is 3. The van der Waals surface area contributed by atoms with Crippen LogP contribution in [0.4, 0.5) is 0 Å². The summed E-state index contributed by atoms with van der Waals surface area (Å²) in [5.41, 5.74) is 0. The van der Waals surface area contributed by atoms with Crippen molar-refractivity contribution in [3.05, 3.63) is 0 Å². The molecule has 0 saturated heterocycles. The molecule has 3 N–H and O–H groups in total. The zero-order chi connectivity index (χ0) is 21.2. The van der Waals surface area contributed by atoms with Crippen LogP contribution in [0.1, 0.15) is 41.5 Å². The molecule has 0 aromatic heterocycles. The first kappa shape index (κ1) is 28.9. The summed E-state index contributed by atoms with van der Waals surface area (Å²) < 4.78 is 26.3. The number of ether oxygens (including phenoxy) is 5. The van der Waals surface area contributed by atoms with Gasteiger partial charge in [0.15, 0.2) is 0 Å². The summed E-state index contributed by atoms with van der Waals surface area (Å²) in [6.07, 6.45) is -0.644. The van der Waals surface area contributed by atoms with Crippen molar-refractivity contribution < 1.29 is 39.0 Å². The zero-order valence-corrected chi connectivity index (χ0v) is 18.1. The lowest BCUT2D eigenvalue weighted by molar-refractivity contribution is -0.0677. The third-order valence-electron chi connectivity index (χ3n) is 3.38. The Bertz CT molecular complexity index is 289. The van der Waals surface area contributed by atoms with Crippen molar-refractivity contribution in [1.29, 1.82) is 0 Å². The van der Waals surface area contributed by atoms with Crippen LogP contribution in [-0.4, -0.2) is 98.7 Å². The molecule has 0 bridgehead atoms. The Hall–Kier alpha value is -0.320. The quantitative estimate of drug-likeness (QED) is 0.375. The Morgan fingerprint density at radius 2 is 0.889 bits per heavy atom. The van der Waals surface area contributed by atoms with E-state index in [0.29, 0.717) is 26.4 Å². The second-order valence-corrected chi connectivity index (χ2v) is 6.84. The molecule has 0 radical (unpaired) electrons. The van der Waals surface area contributed by atoms with E-state index in [1.54, 1.807) is 21.0 Å². The first-order valence-electron chi connectivity index (χ1n) is 9.55. The van der Waals surface area contributed by atoms with Crippen molar-refractivity contribution >= 4 is 0 Å². The van der Waals surface area contributed by atoms with E-state index in [-0.39, 0.29) is 43.7 Å². The summed E-state index contributed by atoms with van der Waals surface area (Å²) in [6, 6.07) is 0. The smallest absolute Gasteiger partial charge is 0.0781 e. The van der Waals surface area contributed by atoms with Crippen LogP contribution >= 0.6 is 0 Å². The van der Waals surface area contributed by atoms with Crippen molar-refractivity contribution in [3.8, 4) is 0 Å². The molecule has 27 heavy (non-hydrogen) atoms. The van der Waals surface area contributed by atoms with Crippen molar-refractivity contribution in [3.63, 3.8) is 0 Å². The molecule has 6 atom stereocenters. The second kappa shape index (κ2) is 19.0. The highest BCUT2D eigenvalue weighted by molar-refractivity contribution is 4.54. The Morgan fingerprint density at radius 1 is 0.556 bits per heavy atom. The topological polar surface area (TPSA) is 107 Å². The molecule has 0 aliphatic heterocycles. The molecule has 0 amide bonds. The molecule has 0 aromatic carbocycles. The van der Waals surface area contributed by atoms with Gasteiger partial charge in [-0.1, -0.05) is 0 Å². The van der Waals surface area contributed by atoms with Crippen LogP contribution in [0.2, 0.25) is 0 Å². The Kier molecular flexibility index (Phi) is 20.3. The second-order valence-electron chi connectivity index (χ2n) is 6.84. The van der Waals surface area contributed by atoms with Crippen LogP contribution in [0.5, 0.6) is 0 Å². The highest BCUT2D eigenvalue weighted by Crippen LogP contribution is 1.99. The van der Waals surface area contributed by atoms with Gasteiger partial charge in [-0.3, -0.25) is 0 Å². The molecule has 0 saturated carbocycles. The molecule has 0 aliphatic rings. The molecular weight excluding hydrogens is 356 g/mol. The molecule has 0 aliphatic carbocycles. The highest BCUT2D eigenvalue weighted by Gasteiger charge is 2.08. The van der Waals surface area contributed by atoms with Gasteiger partial charge in [-0.2, -0.15) is 0 Å². The third-order valence-corrected chi connectivity index (χ3v) is 3.38. The molecule has 6 unspecified atom stereocenters. The molecule has 0 fully saturated rings. The number of hydrogen-bond acceptors (Lipinski definition) is 8. The van der Waals surface area contributed by atoms with Gasteiger partial charge in [0, 0.05) is 7.11 Å². The lowest BCUT2D eigenvalue weighted by atomic mass is 10.4. The fraction of sp³-hybridized carbons (Fsp3) is 1.00. The van der Waals surface area contributed by atoms with Gasteiger partial charge in [-0.25, -0.2) is 0 Å². The summed E-state index contributed by atoms with van der Waals surface area (Å²) in [5.74, 6) is 0. The monoisotopic (exact) mass is 398 g/mol. The minimum atomic E-state index is -0.447. The lowest BCUT2D eigenvalue weighted by Crippen LogP contribution is -2.25. The van der Waals surface area contributed by atoms with E-state index in [1.807, 2.05) is 27.7 Å². The van der Waals surface area contributed by atoms with Crippen molar-refractivity contribution in [2.75, 3.05) is 46.8 Å². The SMILES string of the molecule is CC(O)COC(C)COC(C)CO.COC(C)COC(C)COC(C)CO. The zero-order valence-electron chi connectivity index (χ0n) is 18.1. The largest absolute Gasteiger partial charge is 0.394 e. The predicted molar refractivity (Wildman–Crippen MR) is 104 cm³/mol. The highest BCUT2D eigenvalue weighted by atomic mass is 16.6. The van der Waals surface area contributed by atoms with Crippen LogP contribution in [0, 0.1) is 0 Å². The van der Waals surface area contributed by atoms with Gasteiger partial charge in [-0.15, -0.1) is 0 Å². The molecule has 8 heteroatoms. The fourth-order valence-electron chi connectivity index (χ4n) is 1.47. The molecule has 0 spiro atoms. The van der Waals surface area contributed by atoms with Gasteiger partial charge < -0.3 is 39.0 Å². The predicted octanol–water partition coefficient (Wildman–Crippen LogP) is 0.994. The van der Waals surface area contributed by atoms with Crippen molar-refractivity contribution in [2.45, 2.75) is 78.2 Å². The van der Waals surface area contributed by atoms with E-state index >= 15 is 0 Å². The Morgan fingerprint density at radius 3 is 1.22 bits per heavy atom. The van der Waals surface area contributed by atoms with Crippen molar-refractivity contribution in [2.24, 2.45) is 0 Å². The number of methoxy groups -OCH3 is 1. The Balaban J connectivity index is 0. The van der Waals surface area contributed by atoms with E-state index in [1.165, 1.54) is 0 Å². The van der Waals surface area contributed by atoms with E-state index in [2.05, 4.69) is 0 Å². The average molecular weight is 399 g/mol. The van der Waals surface area contributed by atoms with Gasteiger partial charge in [0.1, 0.15) is 0 Å². The number of hydrogen-bond donors (Lipinski definition) is 3. The lowest BCUT2D eigenvalue weighted by Gasteiger charge is -2.18. The van der Waals surface area contributed by atoms with E-state index < -0.39 is 6.10 Å². The van der Waals surface area contributed by atoms with Crippen LogP contribution in [0.15, 0.2) is 0 Å². The van der Waals surface area contributed by atoms with Gasteiger partial charge in [0.2, 0.25) is 0 Å². The minimum Gasteiger partial charge on any atom is -0.394 e. The maximum Gasteiger partial charge on any atom is 0.0781 e. The van der Waals surface area contributed by atoms with Crippen LogP contribution in [-0.2, 0) is 23.7 Å². The molecule has 0 heterocycles. The van der Waals surface area contributed by atoms with Crippen LogP contribution in [0.3, 0.4) is 0 Å². The summed E-state index contributed by atoms with van der Waals surface area (Å²) in [4.78, 5) is 0. The van der Waals surface area contributed by atoms with Crippen LogP contribution < -0.4 is 0 Å².